The highest BCUT2D eigenvalue weighted by molar-refractivity contribution is 7.99. The minimum Gasteiger partial charge on any atom is -0.507 e. The summed E-state index contributed by atoms with van der Waals surface area (Å²) < 4.78 is 6.48. The molecule has 2 aromatic rings. The second-order valence-corrected chi connectivity index (χ2v) is 14.0. The molecule has 4 atom stereocenters. The van der Waals surface area contributed by atoms with E-state index >= 15 is 0 Å². The Kier molecular flexibility index (Phi) is 15.0. The van der Waals surface area contributed by atoms with Crippen LogP contribution in [0, 0.1) is 0 Å². The first-order chi connectivity index (χ1) is 20.8. The van der Waals surface area contributed by atoms with Crippen LogP contribution in [0.1, 0.15) is 143 Å². The number of phenols is 4. The van der Waals surface area contributed by atoms with Gasteiger partial charge < -0.3 is 30.3 Å². The van der Waals surface area contributed by atoms with E-state index in [1.54, 1.807) is 29.6 Å². The quantitative estimate of drug-likeness (QED) is 0.0767. The number of fused-ring (bicyclic) bond motifs is 1. The lowest BCUT2D eigenvalue weighted by Gasteiger charge is -2.36. The van der Waals surface area contributed by atoms with Gasteiger partial charge in [-0.3, -0.25) is 0 Å². The van der Waals surface area contributed by atoms with E-state index in [0.717, 1.165) is 38.5 Å². The first-order valence-corrected chi connectivity index (χ1v) is 18.9. The molecule has 1 aliphatic rings. The second-order valence-electron chi connectivity index (χ2n) is 12.0. The van der Waals surface area contributed by atoms with Gasteiger partial charge in [0.1, 0.15) is 23.4 Å². The number of hydrogen-bond donors (Lipinski definition) is 5. The average molecular weight is 635 g/mol. The van der Waals surface area contributed by atoms with Crippen molar-refractivity contribution < 1.29 is 30.3 Å². The van der Waals surface area contributed by atoms with Crippen LogP contribution in [-0.2, 0) is 6.42 Å². The Labute approximate surface area is 267 Å². The molecule has 0 aromatic heterocycles. The number of aromatic hydroxyl groups is 4. The molecule has 0 fully saturated rings. The van der Waals surface area contributed by atoms with Crippen molar-refractivity contribution in [2.45, 2.75) is 133 Å². The Morgan fingerprint density at radius 3 is 1.79 bits per heavy atom. The van der Waals surface area contributed by atoms with Gasteiger partial charge >= 0.3 is 0 Å². The van der Waals surface area contributed by atoms with E-state index in [1.807, 2.05) is 6.26 Å². The van der Waals surface area contributed by atoms with Crippen molar-refractivity contribution in [3.05, 3.63) is 40.5 Å². The normalized spacial score (nSPS) is 17.8. The third-order valence-electron chi connectivity index (χ3n) is 8.76. The van der Waals surface area contributed by atoms with Crippen LogP contribution in [0.15, 0.2) is 18.2 Å². The summed E-state index contributed by atoms with van der Waals surface area (Å²) >= 11 is 3.33. The highest BCUT2D eigenvalue weighted by atomic mass is 32.2. The molecule has 0 radical (unpaired) electrons. The number of hydrogen-bond acceptors (Lipinski definition) is 8. The fraction of sp³-hybridized carbons (Fsp3) is 0.657. The van der Waals surface area contributed by atoms with Gasteiger partial charge in [-0.2, -0.15) is 23.5 Å². The third-order valence-corrected chi connectivity index (χ3v) is 10.8. The smallest absolute Gasteiger partial charge is 0.157 e. The molecule has 2 unspecified atom stereocenters. The molecule has 0 saturated carbocycles. The minimum atomic E-state index is -0.981. The molecule has 0 bridgehead atoms. The number of unbranched alkanes of at least 4 members (excludes halogenated alkanes) is 10. The van der Waals surface area contributed by atoms with Crippen LogP contribution >= 0.6 is 23.5 Å². The average Bonchev–Trinajstić information content (AvgIpc) is 3.00. The van der Waals surface area contributed by atoms with Crippen LogP contribution < -0.4 is 4.74 Å². The van der Waals surface area contributed by atoms with Crippen molar-refractivity contribution >= 4 is 23.5 Å². The first kappa shape index (κ1) is 35.6. The lowest BCUT2D eigenvalue weighted by Crippen LogP contribution is -2.31. The standard InChI is InChI=1S/C35H54O6S2/c1-5-7-9-11-13-15-17-28(42-3)30-32(39)24-22-27(38)34(23-19-20-25(36)26(37)21-23)41-35(24)31(33(30)40)29(43-4)18-16-14-12-10-8-6-2/h19-21,27-29,34,36-40H,5-18,22H2,1-4H3/t27-,28?,29?,34+/m0/s1. The fourth-order valence-electron chi connectivity index (χ4n) is 6.23. The van der Waals surface area contributed by atoms with Crippen molar-refractivity contribution in [3.63, 3.8) is 0 Å². The Morgan fingerprint density at radius 2 is 1.26 bits per heavy atom. The lowest BCUT2D eigenvalue weighted by atomic mass is 9.87. The summed E-state index contributed by atoms with van der Waals surface area (Å²) in [5, 5.41) is 54.7. The Bertz CT molecular complexity index is 1140. The van der Waals surface area contributed by atoms with E-state index in [1.165, 1.54) is 63.5 Å². The fourth-order valence-corrected chi connectivity index (χ4v) is 7.95. The van der Waals surface area contributed by atoms with Gasteiger partial charge in [0.2, 0.25) is 0 Å². The van der Waals surface area contributed by atoms with Crippen molar-refractivity contribution in [1.29, 1.82) is 0 Å². The van der Waals surface area contributed by atoms with Crippen LogP contribution in [-0.4, -0.2) is 44.1 Å². The number of rotatable bonds is 19. The maximum Gasteiger partial charge on any atom is 0.157 e. The van der Waals surface area contributed by atoms with Crippen molar-refractivity contribution in [3.8, 4) is 28.7 Å². The summed E-state index contributed by atoms with van der Waals surface area (Å²) in [5.74, 6) is 0.0295. The van der Waals surface area contributed by atoms with Crippen LogP contribution in [0.2, 0.25) is 0 Å². The van der Waals surface area contributed by atoms with E-state index in [4.69, 9.17) is 4.74 Å². The Morgan fingerprint density at radius 1 is 0.721 bits per heavy atom. The van der Waals surface area contributed by atoms with Crippen LogP contribution in [0.5, 0.6) is 28.7 Å². The molecule has 5 N–H and O–H groups in total. The van der Waals surface area contributed by atoms with Gasteiger partial charge in [-0.1, -0.05) is 97.0 Å². The molecule has 2 aromatic carbocycles. The van der Waals surface area contributed by atoms with Crippen molar-refractivity contribution in [2.24, 2.45) is 0 Å². The number of aliphatic hydroxyl groups excluding tert-OH is 1. The lowest BCUT2D eigenvalue weighted by molar-refractivity contribution is 0.0188. The molecule has 0 aliphatic carbocycles. The van der Waals surface area contributed by atoms with E-state index in [-0.39, 0.29) is 39.9 Å². The van der Waals surface area contributed by atoms with Crippen LogP contribution in [0.25, 0.3) is 0 Å². The van der Waals surface area contributed by atoms with E-state index in [0.29, 0.717) is 28.0 Å². The zero-order valence-electron chi connectivity index (χ0n) is 26.6. The van der Waals surface area contributed by atoms with E-state index in [2.05, 4.69) is 20.1 Å². The summed E-state index contributed by atoms with van der Waals surface area (Å²) in [5.41, 5.74) is 2.32. The van der Waals surface area contributed by atoms with Gasteiger partial charge in [-0.15, -0.1) is 0 Å². The second kappa shape index (κ2) is 18.2. The van der Waals surface area contributed by atoms with Crippen molar-refractivity contribution in [1.82, 2.24) is 0 Å². The first-order valence-electron chi connectivity index (χ1n) is 16.3. The number of phenolic OH excluding ortho intramolecular Hbond substituents is 4. The van der Waals surface area contributed by atoms with Crippen molar-refractivity contribution in [2.75, 3.05) is 12.5 Å². The summed E-state index contributed by atoms with van der Waals surface area (Å²) in [6.45, 7) is 4.44. The third kappa shape index (κ3) is 9.30. The van der Waals surface area contributed by atoms with Gasteiger partial charge in [0.15, 0.2) is 11.5 Å². The Balaban J connectivity index is 2.00. The highest BCUT2D eigenvalue weighted by Crippen LogP contribution is 2.56. The SMILES string of the molecule is CCCCCCCCC(SC)c1c(O)c2c(c(C(CCCCCCCC)SC)c1O)O[C@H](c1ccc(O)c(O)c1)[C@@H](O)C2. The largest absolute Gasteiger partial charge is 0.507 e. The zero-order valence-corrected chi connectivity index (χ0v) is 28.2. The number of benzene rings is 2. The molecule has 242 valence electrons. The number of ether oxygens (including phenoxy) is 1. The molecule has 3 rings (SSSR count). The predicted molar refractivity (Wildman–Crippen MR) is 181 cm³/mol. The monoisotopic (exact) mass is 634 g/mol. The summed E-state index contributed by atoms with van der Waals surface area (Å²) in [4.78, 5) is 0. The molecule has 1 heterocycles. The Hall–Kier alpha value is -1.90. The van der Waals surface area contributed by atoms with Gasteiger partial charge in [0.25, 0.3) is 0 Å². The zero-order chi connectivity index (χ0) is 31.4. The molecular formula is C35H54O6S2. The summed E-state index contributed by atoms with van der Waals surface area (Å²) in [6, 6.07) is 4.40. The van der Waals surface area contributed by atoms with Gasteiger partial charge in [0.05, 0.1) is 6.10 Å². The molecule has 8 heteroatoms. The topological polar surface area (TPSA) is 110 Å². The number of aliphatic hydroxyl groups is 1. The molecule has 0 spiro atoms. The number of thioether (sulfide) groups is 2. The van der Waals surface area contributed by atoms with Crippen LogP contribution in [0.3, 0.4) is 0 Å². The molecule has 43 heavy (non-hydrogen) atoms. The minimum absolute atomic E-state index is 0.0204. The predicted octanol–water partition coefficient (Wildman–Crippen LogP) is 9.86. The van der Waals surface area contributed by atoms with Crippen LogP contribution in [0.4, 0.5) is 0 Å². The molecule has 0 saturated heterocycles. The maximum absolute atomic E-state index is 12.0. The van der Waals surface area contributed by atoms with Gasteiger partial charge in [0, 0.05) is 33.6 Å². The maximum atomic E-state index is 12.0. The summed E-state index contributed by atoms with van der Waals surface area (Å²) in [6.07, 6.45) is 18.3. The molecule has 6 nitrogen and oxygen atoms in total. The van der Waals surface area contributed by atoms with Gasteiger partial charge in [-0.25, -0.2) is 0 Å². The summed E-state index contributed by atoms with van der Waals surface area (Å²) in [7, 11) is 0. The highest BCUT2D eigenvalue weighted by Gasteiger charge is 2.39. The molecule has 0 amide bonds. The molecular weight excluding hydrogens is 581 g/mol. The molecule has 1 aliphatic heterocycles. The van der Waals surface area contributed by atoms with E-state index in [9.17, 15) is 25.5 Å². The van der Waals surface area contributed by atoms with E-state index < -0.39 is 12.2 Å². The van der Waals surface area contributed by atoms with Gasteiger partial charge in [-0.05, 0) is 43.0 Å².